The summed E-state index contributed by atoms with van der Waals surface area (Å²) in [5.74, 6) is 8.64. The van der Waals surface area contributed by atoms with Crippen molar-refractivity contribution in [2.45, 2.75) is 90.9 Å². The van der Waals surface area contributed by atoms with E-state index in [1.54, 1.807) is 0 Å². The summed E-state index contributed by atoms with van der Waals surface area (Å²) < 4.78 is 11.8. The third-order valence-corrected chi connectivity index (χ3v) is 6.64. The molecule has 2 heteroatoms. The Morgan fingerprint density at radius 2 is 1.22 bits per heavy atom. The molecule has 0 bridgehead atoms. The highest BCUT2D eigenvalue weighted by Gasteiger charge is 2.08. The van der Waals surface area contributed by atoms with Crippen molar-refractivity contribution >= 4 is 0 Å². The van der Waals surface area contributed by atoms with Crippen LogP contribution in [0.25, 0.3) is 0 Å². The van der Waals surface area contributed by atoms with Crippen LogP contribution in [0.15, 0.2) is 72.0 Å². The normalized spacial score (nSPS) is 12.8. The summed E-state index contributed by atoms with van der Waals surface area (Å²) in [6.45, 7) is 6.13. The number of allylic oxidation sites excluding steroid dienone is 4. The summed E-state index contributed by atoms with van der Waals surface area (Å²) in [5, 5.41) is 0. The van der Waals surface area contributed by atoms with Gasteiger partial charge in [0.2, 0.25) is 0 Å². The van der Waals surface area contributed by atoms with Crippen LogP contribution in [0.4, 0.5) is 0 Å². The molecule has 2 aromatic carbocycles. The monoisotopic (exact) mass is 484 g/mol. The Labute approximate surface area is 219 Å². The molecular weight excluding hydrogens is 440 g/mol. The molecule has 192 valence electrons. The molecule has 0 spiro atoms. The second-order valence-corrected chi connectivity index (χ2v) is 9.75. The van der Waals surface area contributed by atoms with Crippen LogP contribution in [0.1, 0.15) is 101 Å². The molecule has 1 aliphatic carbocycles. The van der Waals surface area contributed by atoms with E-state index in [2.05, 4.69) is 62.1 Å². The number of hydrogen-bond donors (Lipinski definition) is 0. The number of unbranched alkanes of at least 4 members (excludes halogenated alkanes) is 6. The van der Waals surface area contributed by atoms with Gasteiger partial charge < -0.3 is 9.47 Å². The van der Waals surface area contributed by atoms with Crippen LogP contribution in [0.2, 0.25) is 0 Å². The molecule has 0 fully saturated rings. The van der Waals surface area contributed by atoms with Crippen molar-refractivity contribution in [3.05, 3.63) is 88.7 Å². The zero-order valence-electron chi connectivity index (χ0n) is 22.5. The maximum absolute atomic E-state index is 5.94. The second-order valence-electron chi connectivity index (χ2n) is 9.75. The van der Waals surface area contributed by atoms with Crippen molar-refractivity contribution in [3.63, 3.8) is 0 Å². The van der Waals surface area contributed by atoms with Gasteiger partial charge in [-0.15, -0.1) is 0 Å². The van der Waals surface area contributed by atoms with E-state index in [-0.39, 0.29) is 0 Å². The van der Waals surface area contributed by atoms with Crippen LogP contribution < -0.4 is 4.74 Å². The van der Waals surface area contributed by atoms with E-state index in [9.17, 15) is 0 Å². The molecule has 0 atom stereocenters. The Bertz CT molecular complexity index is 1000. The number of hydrogen-bond acceptors (Lipinski definition) is 2. The first-order valence-corrected chi connectivity index (χ1v) is 14.1. The van der Waals surface area contributed by atoms with E-state index in [0.29, 0.717) is 0 Å². The molecule has 2 nitrogen and oxygen atoms in total. The van der Waals surface area contributed by atoms with Gasteiger partial charge in [0.15, 0.2) is 0 Å². The van der Waals surface area contributed by atoms with E-state index < -0.39 is 0 Å². The molecule has 3 rings (SSSR count). The Morgan fingerprint density at radius 3 is 1.81 bits per heavy atom. The second kappa shape index (κ2) is 16.7. The third-order valence-electron chi connectivity index (χ3n) is 6.64. The van der Waals surface area contributed by atoms with Crippen LogP contribution in [0.3, 0.4) is 0 Å². The first kappa shape index (κ1) is 27.7. The molecular formula is C34H44O2. The lowest BCUT2D eigenvalue weighted by Gasteiger charge is -2.16. The Balaban J connectivity index is 1.39. The standard InChI is InChI=1S/C34H44O2/c1-3-5-7-9-27-35-33-23-19-31(20-24-33)17-15-29-11-13-30(14-12-29)16-18-32-21-25-34(26-22-32)36-28-10-8-6-4-2/h11-14,19,21-23,25-26H,3-10,15,17,20,24,27-28H2,1-2H3. The van der Waals surface area contributed by atoms with Gasteiger partial charge in [-0.2, -0.15) is 0 Å². The summed E-state index contributed by atoms with van der Waals surface area (Å²) in [4.78, 5) is 0. The minimum Gasteiger partial charge on any atom is -0.498 e. The van der Waals surface area contributed by atoms with Gasteiger partial charge in [-0.3, -0.25) is 0 Å². The van der Waals surface area contributed by atoms with Crippen LogP contribution in [0, 0.1) is 11.8 Å². The van der Waals surface area contributed by atoms with Crippen molar-refractivity contribution in [2.24, 2.45) is 0 Å². The van der Waals surface area contributed by atoms with Gasteiger partial charge in [-0.25, -0.2) is 0 Å². The lowest BCUT2D eigenvalue weighted by molar-refractivity contribution is 0.194. The molecule has 0 aliphatic heterocycles. The predicted octanol–water partition coefficient (Wildman–Crippen LogP) is 9.18. The van der Waals surface area contributed by atoms with Crippen LogP contribution >= 0.6 is 0 Å². The van der Waals surface area contributed by atoms with Crippen molar-refractivity contribution in [1.82, 2.24) is 0 Å². The number of rotatable bonds is 15. The minimum absolute atomic E-state index is 0.792. The predicted molar refractivity (Wildman–Crippen MR) is 152 cm³/mol. The summed E-state index contributed by atoms with van der Waals surface area (Å²) >= 11 is 0. The average Bonchev–Trinajstić information content (AvgIpc) is 2.92. The number of ether oxygens (including phenoxy) is 2. The van der Waals surface area contributed by atoms with E-state index in [1.165, 1.54) is 56.1 Å². The van der Waals surface area contributed by atoms with Crippen molar-refractivity contribution in [1.29, 1.82) is 0 Å². The quantitative estimate of drug-likeness (QED) is 0.185. The summed E-state index contributed by atoms with van der Waals surface area (Å²) in [6.07, 6.45) is 18.7. The molecule has 0 aromatic heterocycles. The molecule has 0 unspecified atom stereocenters. The zero-order valence-corrected chi connectivity index (χ0v) is 22.5. The summed E-state index contributed by atoms with van der Waals surface area (Å²) in [5.41, 5.74) is 4.95. The fourth-order valence-corrected chi connectivity index (χ4v) is 4.28. The zero-order chi connectivity index (χ0) is 25.3. The van der Waals surface area contributed by atoms with Gasteiger partial charge in [-0.1, -0.05) is 88.0 Å². The summed E-state index contributed by atoms with van der Waals surface area (Å²) in [6, 6.07) is 16.8. The molecule has 0 radical (unpaired) electrons. The average molecular weight is 485 g/mol. The van der Waals surface area contributed by atoms with Gasteiger partial charge in [0.25, 0.3) is 0 Å². The highest BCUT2D eigenvalue weighted by molar-refractivity contribution is 5.45. The van der Waals surface area contributed by atoms with Gasteiger partial charge in [0.1, 0.15) is 5.75 Å². The topological polar surface area (TPSA) is 18.5 Å². The highest BCUT2D eigenvalue weighted by atomic mass is 16.5. The van der Waals surface area contributed by atoms with E-state index in [0.717, 1.165) is 68.0 Å². The Kier molecular flexibility index (Phi) is 12.8. The maximum atomic E-state index is 5.94. The fraction of sp³-hybridized carbons (Fsp3) is 0.471. The SMILES string of the molecule is CCCCCCOC1=CC=C(CCc2ccc(C#Cc3ccc(OCCCCCC)cc3)cc2)CC1. The van der Waals surface area contributed by atoms with E-state index in [1.807, 2.05) is 24.3 Å². The molecule has 0 saturated heterocycles. The Morgan fingerprint density at radius 1 is 0.611 bits per heavy atom. The number of benzene rings is 2. The molecule has 0 N–H and O–H groups in total. The van der Waals surface area contributed by atoms with Crippen molar-refractivity contribution < 1.29 is 9.47 Å². The van der Waals surface area contributed by atoms with Crippen molar-refractivity contribution in [3.8, 4) is 17.6 Å². The molecule has 1 aliphatic rings. The van der Waals surface area contributed by atoms with Crippen LogP contribution in [-0.2, 0) is 11.2 Å². The molecule has 36 heavy (non-hydrogen) atoms. The first-order valence-electron chi connectivity index (χ1n) is 14.1. The number of aryl methyl sites for hydroxylation is 1. The molecule has 0 heterocycles. The molecule has 0 saturated carbocycles. The van der Waals surface area contributed by atoms with Gasteiger partial charge in [-0.05, 0) is 80.1 Å². The van der Waals surface area contributed by atoms with Crippen LogP contribution in [-0.4, -0.2) is 13.2 Å². The fourth-order valence-electron chi connectivity index (χ4n) is 4.28. The lowest BCUT2D eigenvalue weighted by atomic mass is 9.96. The van der Waals surface area contributed by atoms with Crippen molar-refractivity contribution in [2.75, 3.05) is 13.2 Å². The maximum Gasteiger partial charge on any atom is 0.119 e. The van der Waals surface area contributed by atoms with Crippen LogP contribution in [0.5, 0.6) is 5.75 Å². The largest absolute Gasteiger partial charge is 0.498 e. The highest BCUT2D eigenvalue weighted by Crippen LogP contribution is 2.23. The first-order chi connectivity index (χ1) is 17.8. The van der Waals surface area contributed by atoms with E-state index in [4.69, 9.17) is 9.47 Å². The van der Waals surface area contributed by atoms with Gasteiger partial charge >= 0.3 is 0 Å². The third kappa shape index (κ3) is 10.8. The molecule has 2 aromatic rings. The lowest BCUT2D eigenvalue weighted by Crippen LogP contribution is -2.01. The molecule has 0 amide bonds. The Hall–Kier alpha value is -2.92. The minimum atomic E-state index is 0.792. The van der Waals surface area contributed by atoms with E-state index >= 15 is 0 Å². The van der Waals surface area contributed by atoms with Gasteiger partial charge in [0, 0.05) is 17.5 Å². The van der Waals surface area contributed by atoms with Gasteiger partial charge in [0.05, 0.1) is 19.0 Å². The smallest absolute Gasteiger partial charge is 0.119 e. The summed E-state index contributed by atoms with van der Waals surface area (Å²) in [7, 11) is 0.